The first-order valence-electron chi connectivity index (χ1n) is 2.57. The Bertz CT molecular complexity index is 254. The Morgan fingerprint density at radius 1 is 1.50 bits per heavy atom. The maximum absolute atomic E-state index is 4.64. The Morgan fingerprint density at radius 3 is 3.10 bits per heavy atom. The monoisotopic (exact) mass is 136 g/mol. The van der Waals surface area contributed by atoms with Crippen LogP contribution in [-0.4, -0.2) is 15.3 Å². The molecule has 0 atom stereocenters. The molecule has 2 heterocycles. The molecule has 2 rings (SSSR count). The summed E-state index contributed by atoms with van der Waals surface area (Å²) in [6.07, 6.45) is 3.70. The van der Waals surface area contributed by atoms with E-state index in [1.54, 1.807) is 6.07 Å². The Hall–Kier alpha value is -1.65. The highest BCUT2D eigenvalue weighted by Crippen LogP contribution is 2.10. The Balaban J connectivity index is 2.48. The van der Waals surface area contributed by atoms with Gasteiger partial charge in [0.25, 0.3) is 5.89 Å². The second-order valence-corrected chi connectivity index (χ2v) is 1.58. The van der Waals surface area contributed by atoms with Gasteiger partial charge in [-0.05, 0) is 0 Å². The Morgan fingerprint density at radius 2 is 2.50 bits per heavy atom. The lowest BCUT2D eigenvalue weighted by molar-refractivity contribution is 0.404. The molecule has 2 aromatic heterocycles. The summed E-state index contributed by atoms with van der Waals surface area (Å²) < 4.78 is 9.19. The van der Waals surface area contributed by atoms with Gasteiger partial charge >= 0.3 is 0 Å². The minimum Gasteiger partial charge on any atom is -0.364 e. The van der Waals surface area contributed by atoms with E-state index >= 15 is 0 Å². The topological polar surface area (TPSA) is 65.0 Å². The number of hydrogen-bond acceptors (Lipinski definition) is 5. The fourth-order valence-corrected chi connectivity index (χ4v) is 0.577. The lowest BCUT2D eigenvalue weighted by atomic mass is 10.4. The molecular formula is C5H2N3O2. The van der Waals surface area contributed by atoms with Crippen molar-refractivity contribution in [3.63, 3.8) is 0 Å². The molecule has 0 aliphatic heterocycles. The van der Waals surface area contributed by atoms with Gasteiger partial charge in [-0.2, -0.15) is 4.98 Å². The summed E-state index contributed by atoms with van der Waals surface area (Å²) in [6, 6.07) is 1.63. The molecule has 5 nitrogen and oxygen atoms in total. The van der Waals surface area contributed by atoms with Gasteiger partial charge in [-0.1, -0.05) is 10.3 Å². The highest BCUT2D eigenvalue weighted by molar-refractivity contribution is 5.43. The van der Waals surface area contributed by atoms with E-state index in [9.17, 15) is 0 Å². The molecule has 5 heteroatoms. The second kappa shape index (κ2) is 1.94. The molecule has 0 N–H and O–H groups in total. The van der Waals surface area contributed by atoms with E-state index in [1.165, 1.54) is 6.26 Å². The van der Waals surface area contributed by atoms with E-state index in [2.05, 4.69) is 30.7 Å². The summed E-state index contributed by atoms with van der Waals surface area (Å²) in [5, 5.41) is 6.85. The molecule has 0 fully saturated rings. The molecule has 1 radical (unpaired) electrons. The van der Waals surface area contributed by atoms with Crippen molar-refractivity contribution < 1.29 is 9.05 Å². The van der Waals surface area contributed by atoms with Gasteiger partial charge in [-0.25, -0.2) is 0 Å². The predicted molar refractivity (Wildman–Crippen MR) is 28.6 cm³/mol. The summed E-state index contributed by atoms with van der Waals surface area (Å²) in [5.41, 5.74) is 0.522. The average molecular weight is 136 g/mol. The van der Waals surface area contributed by atoms with E-state index in [0.29, 0.717) is 11.6 Å². The first-order valence-corrected chi connectivity index (χ1v) is 2.57. The van der Waals surface area contributed by atoms with Gasteiger partial charge in [-0.3, -0.25) is 0 Å². The Kier molecular flexibility index (Phi) is 1.00. The fourth-order valence-electron chi connectivity index (χ4n) is 0.577. The molecule has 0 unspecified atom stereocenters. The molecule has 0 saturated carbocycles. The smallest absolute Gasteiger partial charge is 0.280 e. The third kappa shape index (κ3) is 0.680. The predicted octanol–water partition coefficient (Wildman–Crippen LogP) is 0.525. The van der Waals surface area contributed by atoms with E-state index in [4.69, 9.17) is 0 Å². The van der Waals surface area contributed by atoms with E-state index in [-0.39, 0.29) is 0 Å². The highest BCUT2D eigenvalue weighted by Gasteiger charge is 2.05. The van der Waals surface area contributed by atoms with Gasteiger partial charge in [0.2, 0.25) is 6.33 Å². The summed E-state index contributed by atoms with van der Waals surface area (Å²) >= 11 is 0. The minimum atomic E-state index is 0.314. The first-order chi connectivity index (χ1) is 4.97. The van der Waals surface area contributed by atoms with Gasteiger partial charge in [-0.15, -0.1) is 0 Å². The summed E-state index contributed by atoms with van der Waals surface area (Å²) in [7, 11) is 0. The molecule has 0 saturated heterocycles. The largest absolute Gasteiger partial charge is 0.364 e. The van der Waals surface area contributed by atoms with Crippen LogP contribution in [0.3, 0.4) is 0 Å². The molecule has 49 valence electrons. The molecule has 0 amide bonds. The Labute approximate surface area is 55.6 Å². The van der Waals surface area contributed by atoms with Crippen molar-refractivity contribution in [1.29, 1.82) is 0 Å². The van der Waals surface area contributed by atoms with Crippen LogP contribution in [0.4, 0.5) is 0 Å². The van der Waals surface area contributed by atoms with Crippen LogP contribution in [0, 0.1) is 6.33 Å². The van der Waals surface area contributed by atoms with Crippen molar-refractivity contribution in [3.8, 4) is 11.6 Å². The summed E-state index contributed by atoms with van der Waals surface area (Å²) in [6.45, 7) is 0. The quantitative estimate of drug-likeness (QED) is 0.571. The highest BCUT2D eigenvalue weighted by atomic mass is 16.5. The van der Waals surface area contributed by atoms with Crippen molar-refractivity contribution in [2.24, 2.45) is 0 Å². The third-order valence-electron chi connectivity index (χ3n) is 0.981. The lowest BCUT2D eigenvalue weighted by Gasteiger charge is -1.77. The molecule has 0 bridgehead atoms. The van der Waals surface area contributed by atoms with Gasteiger partial charge < -0.3 is 9.05 Å². The fraction of sp³-hybridized carbons (Fsp3) is 0. The van der Waals surface area contributed by atoms with E-state index in [1.807, 2.05) is 0 Å². The van der Waals surface area contributed by atoms with E-state index in [0.717, 1.165) is 0 Å². The lowest BCUT2D eigenvalue weighted by Crippen LogP contribution is -1.73. The van der Waals surface area contributed by atoms with Gasteiger partial charge in [0, 0.05) is 6.07 Å². The van der Waals surface area contributed by atoms with Crippen molar-refractivity contribution in [2.75, 3.05) is 0 Å². The number of rotatable bonds is 1. The van der Waals surface area contributed by atoms with Crippen LogP contribution in [-0.2, 0) is 0 Å². The van der Waals surface area contributed by atoms with Crippen LogP contribution >= 0.6 is 0 Å². The molecule has 0 aliphatic rings. The van der Waals surface area contributed by atoms with Crippen molar-refractivity contribution >= 4 is 0 Å². The van der Waals surface area contributed by atoms with Gasteiger partial charge in [0.05, 0.1) is 0 Å². The SMILES string of the molecule is [c]1noc(-c2ccon2)n1. The maximum Gasteiger partial charge on any atom is 0.280 e. The molecule has 0 aliphatic carbocycles. The minimum absolute atomic E-state index is 0.314. The molecule has 10 heavy (non-hydrogen) atoms. The third-order valence-corrected chi connectivity index (χ3v) is 0.981. The zero-order valence-electron chi connectivity index (χ0n) is 4.81. The second-order valence-electron chi connectivity index (χ2n) is 1.58. The molecule has 0 spiro atoms. The van der Waals surface area contributed by atoms with Gasteiger partial charge in [0.15, 0.2) is 5.69 Å². The van der Waals surface area contributed by atoms with E-state index < -0.39 is 0 Å². The molecule has 0 aromatic carbocycles. The van der Waals surface area contributed by atoms with Crippen LogP contribution in [0.15, 0.2) is 21.4 Å². The number of aromatic nitrogens is 3. The first kappa shape index (κ1) is 5.16. The summed E-state index contributed by atoms with van der Waals surface area (Å²) in [5.74, 6) is 0.314. The van der Waals surface area contributed by atoms with Gasteiger partial charge in [0.1, 0.15) is 6.26 Å². The van der Waals surface area contributed by atoms with Crippen LogP contribution in [0.5, 0.6) is 0 Å². The zero-order chi connectivity index (χ0) is 6.81. The maximum atomic E-state index is 4.64. The standard InChI is InChI=1S/C5H2N3O2/c1-2-9-8-4(1)5-6-3-7-10-5/h1-2H. The molecular weight excluding hydrogens is 134 g/mol. The normalized spacial score (nSPS) is 10.0. The van der Waals surface area contributed by atoms with Crippen molar-refractivity contribution in [2.45, 2.75) is 0 Å². The van der Waals surface area contributed by atoms with Crippen LogP contribution in [0.2, 0.25) is 0 Å². The van der Waals surface area contributed by atoms with Crippen LogP contribution in [0.25, 0.3) is 11.6 Å². The molecule has 2 aromatic rings. The number of nitrogens with zero attached hydrogens (tertiary/aromatic N) is 3. The average Bonchev–Trinajstić information content (AvgIpc) is 2.59. The zero-order valence-corrected chi connectivity index (χ0v) is 4.81. The number of hydrogen-bond donors (Lipinski definition) is 0. The summed E-state index contributed by atoms with van der Waals surface area (Å²) in [4.78, 5) is 3.63. The van der Waals surface area contributed by atoms with Crippen LogP contribution < -0.4 is 0 Å². The van der Waals surface area contributed by atoms with Crippen molar-refractivity contribution in [1.82, 2.24) is 15.3 Å². The van der Waals surface area contributed by atoms with Crippen molar-refractivity contribution in [3.05, 3.63) is 18.7 Å². The van der Waals surface area contributed by atoms with Crippen LogP contribution in [0.1, 0.15) is 0 Å².